The molecule has 2 amide bonds. The Kier molecular flexibility index (Phi) is 9.57. The van der Waals surface area contributed by atoms with E-state index in [9.17, 15) is 18.0 Å². The fourth-order valence-corrected chi connectivity index (χ4v) is 6.10. The molecule has 0 aliphatic rings. The third-order valence-electron chi connectivity index (χ3n) is 6.88. The zero-order valence-corrected chi connectivity index (χ0v) is 24.3. The van der Waals surface area contributed by atoms with E-state index < -0.39 is 28.5 Å². The highest BCUT2D eigenvalue weighted by molar-refractivity contribution is 7.92. The second-order valence-corrected chi connectivity index (χ2v) is 11.9. The number of rotatable bonds is 11. The molecule has 1 atom stereocenters. The average Bonchev–Trinajstić information content (AvgIpc) is 2.98. The third kappa shape index (κ3) is 7.41. The van der Waals surface area contributed by atoms with Gasteiger partial charge in [0.05, 0.1) is 10.6 Å². The number of para-hydroxylation sites is 1. The molecule has 4 aromatic carbocycles. The van der Waals surface area contributed by atoms with Crippen LogP contribution in [0.4, 0.5) is 5.69 Å². The summed E-state index contributed by atoms with van der Waals surface area (Å²) in [5.41, 5.74) is 4.02. The quantitative estimate of drug-likeness (QED) is 0.279. The van der Waals surface area contributed by atoms with Gasteiger partial charge in [0.1, 0.15) is 12.6 Å². The summed E-state index contributed by atoms with van der Waals surface area (Å²) < 4.78 is 29.0. The highest BCUT2D eigenvalue weighted by Gasteiger charge is 2.34. The summed E-state index contributed by atoms with van der Waals surface area (Å²) in [5.74, 6) is -0.821. The van der Waals surface area contributed by atoms with Gasteiger partial charge in [-0.3, -0.25) is 13.9 Å². The van der Waals surface area contributed by atoms with E-state index in [1.54, 1.807) is 54.6 Å². The minimum Gasteiger partial charge on any atom is -0.357 e. The zero-order valence-electron chi connectivity index (χ0n) is 23.5. The molecule has 41 heavy (non-hydrogen) atoms. The van der Waals surface area contributed by atoms with E-state index in [1.165, 1.54) is 11.9 Å². The number of nitrogens with one attached hydrogen (secondary N) is 1. The summed E-state index contributed by atoms with van der Waals surface area (Å²) in [7, 11) is -2.57. The number of carbonyl (C=O) groups is 2. The van der Waals surface area contributed by atoms with E-state index >= 15 is 0 Å². The number of carbonyl (C=O) groups excluding carboxylic acids is 2. The Morgan fingerprint density at radius 1 is 0.756 bits per heavy atom. The van der Waals surface area contributed by atoms with Crippen LogP contribution < -0.4 is 9.62 Å². The van der Waals surface area contributed by atoms with Crippen LogP contribution in [0.2, 0.25) is 0 Å². The molecule has 212 valence electrons. The van der Waals surface area contributed by atoms with Crippen molar-refractivity contribution in [3.05, 3.63) is 131 Å². The maximum Gasteiger partial charge on any atom is 0.264 e. The molecule has 0 aliphatic heterocycles. The highest BCUT2D eigenvalue weighted by Crippen LogP contribution is 2.25. The van der Waals surface area contributed by atoms with Gasteiger partial charge in [-0.1, -0.05) is 96.1 Å². The van der Waals surface area contributed by atoms with Crippen molar-refractivity contribution in [2.45, 2.75) is 37.8 Å². The molecule has 8 heteroatoms. The van der Waals surface area contributed by atoms with Gasteiger partial charge in [0.15, 0.2) is 0 Å². The number of nitrogens with zero attached hydrogens (tertiary/aromatic N) is 2. The number of likely N-dealkylation sites (N-methyl/N-ethyl adjacent to an activating group) is 1. The maximum absolute atomic E-state index is 14.2. The smallest absolute Gasteiger partial charge is 0.264 e. The van der Waals surface area contributed by atoms with E-state index in [1.807, 2.05) is 68.4 Å². The molecule has 1 N–H and O–H groups in total. The number of hydrogen-bond acceptors (Lipinski definition) is 4. The van der Waals surface area contributed by atoms with E-state index in [0.717, 1.165) is 26.6 Å². The van der Waals surface area contributed by atoms with E-state index in [0.29, 0.717) is 5.69 Å². The fourth-order valence-electron chi connectivity index (χ4n) is 4.69. The van der Waals surface area contributed by atoms with Crippen molar-refractivity contribution in [2.24, 2.45) is 0 Å². The van der Waals surface area contributed by atoms with Crippen LogP contribution in [0.25, 0.3) is 0 Å². The Bertz CT molecular complexity index is 1570. The van der Waals surface area contributed by atoms with Gasteiger partial charge in [-0.15, -0.1) is 0 Å². The standard InChI is InChI=1S/C33H35N3O4S/c1-25-17-19-30(20-18-25)41(39,40)36(29-15-8-5-9-16-29)24-32(37)35(23-28-14-10-11-26(2)21-28)31(33(38)34-3)22-27-12-6-4-7-13-27/h4-21,31H,22-24H2,1-3H3,(H,34,38)/t31-/m0/s1. The van der Waals surface area contributed by atoms with Gasteiger partial charge in [-0.05, 0) is 49.2 Å². The minimum atomic E-state index is -4.10. The molecule has 0 radical (unpaired) electrons. The van der Waals surface area contributed by atoms with E-state index in [4.69, 9.17) is 0 Å². The summed E-state index contributed by atoms with van der Waals surface area (Å²) in [6.07, 6.45) is 0.272. The lowest BCUT2D eigenvalue weighted by molar-refractivity contribution is -0.139. The first-order valence-corrected chi connectivity index (χ1v) is 14.9. The van der Waals surface area contributed by atoms with Crippen LogP contribution in [0, 0.1) is 13.8 Å². The molecule has 0 fully saturated rings. The third-order valence-corrected chi connectivity index (χ3v) is 8.67. The molecule has 4 aromatic rings. The van der Waals surface area contributed by atoms with Gasteiger partial charge in [0.2, 0.25) is 11.8 Å². The first-order chi connectivity index (χ1) is 19.7. The summed E-state index contributed by atoms with van der Waals surface area (Å²) >= 11 is 0. The van der Waals surface area contributed by atoms with Crippen LogP contribution in [-0.2, 0) is 32.6 Å². The fraction of sp³-hybridized carbons (Fsp3) is 0.212. The molecular weight excluding hydrogens is 534 g/mol. The Balaban J connectivity index is 1.77. The SMILES string of the molecule is CNC(=O)[C@H](Cc1ccccc1)N(Cc1cccc(C)c1)C(=O)CN(c1ccccc1)S(=O)(=O)c1ccc(C)cc1. The Hall–Kier alpha value is -4.43. The van der Waals surface area contributed by atoms with Gasteiger partial charge >= 0.3 is 0 Å². The van der Waals surface area contributed by atoms with E-state index in [2.05, 4.69) is 5.32 Å². The molecule has 0 spiro atoms. The number of anilines is 1. The number of sulfonamides is 1. The Morgan fingerprint density at radius 2 is 1.37 bits per heavy atom. The Morgan fingerprint density at radius 3 is 1.98 bits per heavy atom. The lowest BCUT2D eigenvalue weighted by atomic mass is 10.0. The number of hydrogen-bond donors (Lipinski definition) is 1. The molecule has 7 nitrogen and oxygen atoms in total. The first kappa shape index (κ1) is 29.6. The van der Waals surface area contributed by atoms with Crippen molar-refractivity contribution in [1.82, 2.24) is 10.2 Å². The van der Waals surface area contributed by atoms with Crippen LogP contribution in [0.15, 0.2) is 114 Å². The van der Waals surface area contributed by atoms with Crippen molar-refractivity contribution in [3.8, 4) is 0 Å². The maximum atomic E-state index is 14.2. The van der Waals surface area contributed by atoms with Crippen LogP contribution >= 0.6 is 0 Å². The molecular formula is C33H35N3O4S. The molecule has 4 rings (SSSR count). The van der Waals surface area contributed by atoms with E-state index in [-0.39, 0.29) is 23.8 Å². The summed E-state index contributed by atoms with van der Waals surface area (Å²) in [6, 6.07) is 31.4. The highest BCUT2D eigenvalue weighted by atomic mass is 32.2. The van der Waals surface area contributed by atoms with Crippen LogP contribution in [0.5, 0.6) is 0 Å². The second-order valence-electron chi connectivity index (χ2n) is 9.99. The number of aryl methyl sites for hydroxylation is 2. The largest absolute Gasteiger partial charge is 0.357 e. The molecule has 0 aliphatic carbocycles. The van der Waals surface area contributed by atoms with Gasteiger partial charge in [0, 0.05) is 20.0 Å². The van der Waals surface area contributed by atoms with Crippen LogP contribution in [0.3, 0.4) is 0 Å². The second kappa shape index (κ2) is 13.3. The molecule has 0 unspecified atom stereocenters. The van der Waals surface area contributed by atoms with Crippen molar-refractivity contribution < 1.29 is 18.0 Å². The number of benzene rings is 4. The number of amides is 2. The zero-order chi connectivity index (χ0) is 29.4. The topological polar surface area (TPSA) is 86.8 Å². The molecule has 0 aromatic heterocycles. The average molecular weight is 570 g/mol. The lowest BCUT2D eigenvalue weighted by Crippen LogP contribution is -2.53. The van der Waals surface area contributed by atoms with Gasteiger partial charge < -0.3 is 10.2 Å². The molecule has 0 saturated heterocycles. The van der Waals surface area contributed by atoms with Crippen molar-refractivity contribution >= 4 is 27.5 Å². The van der Waals surface area contributed by atoms with Crippen molar-refractivity contribution in [3.63, 3.8) is 0 Å². The summed E-state index contributed by atoms with van der Waals surface area (Å²) in [5, 5.41) is 2.70. The van der Waals surface area contributed by atoms with Crippen molar-refractivity contribution in [1.29, 1.82) is 0 Å². The summed E-state index contributed by atoms with van der Waals surface area (Å²) in [6.45, 7) is 3.50. The van der Waals surface area contributed by atoms with Crippen LogP contribution in [0.1, 0.15) is 22.3 Å². The Labute approximate surface area is 242 Å². The lowest BCUT2D eigenvalue weighted by Gasteiger charge is -2.33. The monoisotopic (exact) mass is 569 g/mol. The minimum absolute atomic E-state index is 0.0807. The predicted molar refractivity (Wildman–Crippen MR) is 162 cm³/mol. The van der Waals surface area contributed by atoms with Crippen LogP contribution in [-0.4, -0.2) is 44.8 Å². The first-order valence-electron chi connectivity index (χ1n) is 13.4. The summed E-state index contributed by atoms with van der Waals surface area (Å²) in [4.78, 5) is 29.1. The van der Waals surface area contributed by atoms with Crippen molar-refractivity contribution in [2.75, 3.05) is 17.9 Å². The normalized spacial score (nSPS) is 11.9. The predicted octanol–water partition coefficient (Wildman–Crippen LogP) is 4.88. The molecule has 0 heterocycles. The molecule has 0 bridgehead atoms. The van der Waals surface area contributed by atoms with Gasteiger partial charge in [-0.25, -0.2) is 8.42 Å². The van der Waals surface area contributed by atoms with Gasteiger partial charge in [-0.2, -0.15) is 0 Å². The molecule has 0 saturated carbocycles. The van der Waals surface area contributed by atoms with Gasteiger partial charge in [0.25, 0.3) is 10.0 Å².